The molecule has 0 aliphatic carbocycles. The van der Waals surface area contributed by atoms with Crippen LogP contribution in [-0.4, -0.2) is 29.5 Å². The first kappa shape index (κ1) is 14.5. The molecule has 0 saturated heterocycles. The van der Waals surface area contributed by atoms with Crippen LogP contribution in [-0.2, 0) is 16.6 Å². The Labute approximate surface area is 117 Å². The standard InChI is InChI=1S/C12H16N4O3S/c1-9(2)19-12-10(4-3-5-14-12)6-16-20(17,18)11-7-13-8-15-11/h3-5,7-9,16H,6H2,1-2H3,(H,13,15). The van der Waals surface area contributed by atoms with Gasteiger partial charge in [0.15, 0.2) is 5.03 Å². The zero-order chi connectivity index (χ0) is 14.6. The van der Waals surface area contributed by atoms with Crippen LogP contribution in [0.25, 0.3) is 0 Å². The molecule has 8 heteroatoms. The van der Waals surface area contributed by atoms with E-state index in [0.717, 1.165) is 0 Å². The lowest BCUT2D eigenvalue weighted by Crippen LogP contribution is -2.24. The summed E-state index contributed by atoms with van der Waals surface area (Å²) in [5.41, 5.74) is 0.671. The number of pyridine rings is 1. The highest BCUT2D eigenvalue weighted by Gasteiger charge is 2.16. The molecule has 0 aliphatic rings. The van der Waals surface area contributed by atoms with Gasteiger partial charge < -0.3 is 9.72 Å². The number of imidazole rings is 1. The van der Waals surface area contributed by atoms with Crippen molar-refractivity contribution in [1.82, 2.24) is 19.7 Å². The monoisotopic (exact) mass is 296 g/mol. The smallest absolute Gasteiger partial charge is 0.257 e. The normalized spacial score (nSPS) is 11.8. The predicted molar refractivity (Wildman–Crippen MR) is 72.6 cm³/mol. The molecule has 0 radical (unpaired) electrons. The number of ether oxygens (including phenoxy) is 1. The molecule has 0 aromatic carbocycles. The third-order valence-electron chi connectivity index (χ3n) is 2.41. The van der Waals surface area contributed by atoms with Crippen molar-refractivity contribution in [3.63, 3.8) is 0 Å². The average molecular weight is 296 g/mol. The maximum absolute atomic E-state index is 12.0. The number of aromatic nitrogens is 3. The molecule has 0 saturated carbocycles. The van der Waals surface area contributed by atoms with Gasteiger partial charge >= 0.3 is 0 Å². The van der Waals surface area contributed by atoms with Crippen LogP contribution in [0.3, 0.4) is 0 Å². The van der Waals surface area contributed by atoms with Crippen molar-refractivity contribution in [1.29, 1.82) is 0 Å². The van der Waals surface area contributed by atoms with Gasteiger partial charge in [-0.05, 0) is 19.9 Å². The van der Waals surface area contributed by atoms with E-state index in [1.165, 1.54) is 12.5 Å². The molecule has 2 aromatic rings. The summed E-state index contributed by atoms with van der Waals surface area (Å²) in [5.74, 6) is 0.426. The molecule has 0 fully saturated rings. The van der Waals surface area contributed by atoms with Gasteiger partial charge in [0.25, 0.3) is 10.0 Å². The first-order valence-corrected chi connectivity index (χ1v) is 7.56. The van der Waals surface area contributed by atoms with Crippen molar-refractivity contribution in [3.05, 3.63) is 36.4 Å². The van der Waals surface area contributed by atoms with Crippen molar-refractivity contribution in [2.75, 3.05) is 0 Å². The lowest BCUT2D eigenvalue weighted by Gasteiger charge is -2.13. The number of aromatic amines is 1. The van der Waals surface area contributed by atoms with Gasteiger partial charge in [-0.15, -0.1) is 0 Å². The summed E-state index contributed by atoms with van der Waals surface area (Å²) in [6, 6.07) is 3.49. The molecular weight excluding hydrogens is 280 g/mol. The molecule has 0 amide bonds. The van der Waals surface area contributed by atoms with Crippen molar-refractivity contribution >= 4 is 10.0 Å². The Bertz CT molecular complexity index is 653. The number of H-pyrrole nitrogens is 1. The van der Waals surface area contributed by atoms with Crippen molar-refractivity contribution in [3.8, 4) is 5.88 Å². The van der Waals surface area contributed by atoms with E-state index in [2.05, 4.69) is 19.7 Å². The van der Waals surface area contributed by atoms with Gasteiger partial charge in [0.05, 0.1) is 18.6 Å². The molecular formula is C12H16N4O3S. The average Bonchev–Trinajstić information content (AvgIpc) is 2.92. The second-order valence-electron chi connectivity index (χ2n) is 4.37. The van der Waals surface area contributed by atoms with Crippen LogP contribution in [0, 0.1) is 0 Å². The van der Waals surface area contributed by atoms with Gasteiger partial charge in [0.2, 0.25) is 5.88 Å². The summed E-state index contributed by atoms with van der Waals surface area (Å²) in [6.07, 6.45) is 4.13. The Balaban J connectivity index is 2.12. The number of hydrogen-bond acceptors (Lipinski definition) is 5. The SMILES string of the molecule is CC(C)Oc1ncccc1CNS(=O)(=O)c1cnc[nH]1. The van der Waals surface area contributed by atoms with Crippen LogP contribution in [0.1, 0.15) is 19.4 Å². The van der Waals surface area contributed by atoms with E-state index in [0.29, 0.717) is 11.4 Å². The molecule has 2 aromatic heterocycles. The summed E-state index contributed by atoms with van der Waals surface area (Å²) in [7, 11) is -3.61. The lowest BCUT2D eigenvalue weighted by molar-refractivity contribution is 0.230. The summed E-state index contributed by atoms with van der Waals surface area (Å²) < 4.78 is 31.9. The van der Waals surface area contributed by atoms with Gasteiger partial charge in [-0.2, -0.15) is 0 Å². The molecule has 0 atom stereocenters. The van der Waals surface area contributed by atoms with Crippen LogP contribution < -0.4 is 9.46 Å². The van der Waals surface area contributed by atoms with Crippen LogP contribution in [0.2, 0.25) is 0 Å². The Hall–Kier alpha value is -1.93. The number of hydrogen-bond donors (Lipinski definition) is 2. The molecule has 0 unspecified atom stereocenters. The highest BCUT2D eigenvalue weighted by molar-refractivity contribution is 7.89. The molecule has 7 nitrogen and oxygen atoms in total. The quantitative estimate of drug-likeness (QED) is 0.831. The summed E-state index contributed by atoms with van der Waals surface area (Å²) in [6.45, 7) is 3.86. The van der Waals surface area contributed by atoms with E-state index >= 15 is 0 Å². The maximum atomic E-state index is 12.0. The largest absolute Gasteiger partial charge is 0.475 e. The maximum Gasteiger partial charge on any atom is 0.257 e. The Kier molecular flexibility index (Phi) is 4.35. The number of nitrogens with one attached hydrogen (secondary N) is 2. The second-order valence-corrected chi connectivity index (χ2v) is 6.11. The highest BCUT2D eigenvalue weighted by Crippen LogP contribution is 2.16. The van der Waals surface area contributed by atoms with E-state index in [1.54, 1.807) is 18.3 Å². The molecule has 108 valence electrons. The summed E-state index contributed by atoms with van der Waals surface area (Å²) in [5, 5.41) is 0.0210. The Morgan fingerprint density at radius 2 is 2.25 bits per heavy atom. The molecule has 2 rings (SSSR count). The van der Waals surface area contributed by atoms with Gasteiger partial charge in [-0.3, -0.25) is 0 Å². The third kappa shape index (κ3) is 3.55. The van der Waals surface area contributed by atoms with Crippen LogP contribution in [0.5, 0.6) is 5.88 Å². The van der Waals surface area contributed by atoms with Gasteiger partial charge in [0, 0.05) is 18.3 Å². The molecule has 2 heterocycles. The minimum atomic E-state index is -3.61. The Morgan fingerprint density at radius 3 is 2.90 bits per heavy atom. The minimum absolute atomic E-state index is 0.0210. The molecule has 20 heavy (non-hydrogen) atoms. The zero-order valence-corrected chi connectivity index (χ0v) is 12.0. The van der Waals surface area contributed by atoms with Gasteiger partial charge in [-0.25, -0.2) is 23.1 Å². The van der Waals surface area contributed by atoms with Crippen LogP contribution in [0.4, 0.5) is 0 Å². The fraction of sp³-hybridized carbons (Fsp3) is 0.333. The van der Waals surface area contributed by atoms with Crippen molar-refractivity contribution in [2.45, 2.75) is 31.5 Å². The summed E-state index contributed by atoms with van der Waals surface area (Å²) in [4.78, 5) is 10.3. The lowest BCUT2D eigenvalue weighted by atomic mass is 10.3. The van der Waals surface area contributed by atoms with E-state index in [1.807, 2.05) is 13.8 Å². The first-order valence-electron chi connectivity index (χ1n) is 6.07. The molecule has 0 bridgehead atoms. The van der Waals surface area contributed by atoms with Crippen molar-refractivity contribution in [2.24, 2.45) is 0 Å². The predicted octanol–water partition coefficient (Wildman–Crippen LogP) is 1.07. The Morgan fingerprint density at radius 1 is 1.45 bits per heavy atom. The number of rotatable bonds is 6. The van der Waals surface area contributed by atoms with Crippen LogP contribution >= 0.6 is 0 Å². The van der Waals surface area contributed by atoms with E-state index < -0.39 is 10.0 Å². The highest BCUT2D eigenvalue weighted by atomic mass is 32.2. The molecule has 0 aliphatic heterocycles. The fourth-order valence-corrected chi connectivity index (χ4v) is 2.44. The van der Waals surface area contributed by atoms with E-state index in [4.69, 9.17) is 4.74 Å². The van der Waals surface area contributed by atoms with E-state index in [9.17, 15) is 8.42 Å². The van der Waals surface area contributed by atoms with Gasteiger partial charge in [-0.1, -0.05) is 6.07 Å². The third-order valence-corrected chi connectivity index (χ3v) is 3.74. The molecule has 2 N–H and O–H groups in total. The number of nitrogens with zero attached hydrogens (tertiary/aromatic N) is 2. The zero-order valence-electron chi connectivity index (χ0n) is 11.2. The minimum Gasteiger partial charge on any atom is -0.475 e. The molecule has 0 spiro atoms. The summed E-state index contributed by atoms with van der Waals surface area (Å²) >= 11 is 0. The van der Waals surface area contributed by atoms with Crippen LogP contribution in [0.15, 0.2) is 35.9 Å². The topological polar surface area (TPSA) is 97.0 Å². The van der Waals surface area contributed by atoms with E-state index in [-0.39, 0.29) is 17.7 Å². The second kappa shape index (κ2) is 6.02. The number of sulfonamides is 1. The van der Waals surface area contributed by atoms with Crippen molar-refractivity contribution < 1.29 is 13.2 Å². The first-order chi connectivity index (χ1) is 9.49. The fourth-order valence-electron chi connectivity index (χ4n) is 1.53. The van der Waals surface area contributed by atoms with Gasteiger partial charge in [0.1, 0.15) is 0 Å².